The molecule has 0 aliphatic carbocycles. The molecule has 0 atom stereocenters. The maximum atomic E-state index is 12.9. The smallest absolute Gasteiger partial charge is 0.294 e. The molecule has 0 bridgehead atoms. The molecule has 1 aliphatic heterocycles. The summed E-state index contributed by atoms with van der Waals surface area (Å²) in [4.78, 5) is 51.5. The lowest BCUT2D eigenvalue weighted by Gasteiger charge is -2.14. The summed E-state index contributed by atoms with van der Waals surface area (Å²) in [6, 6.07) is 15.5. The summed E-state index contributed by atoms with van der Waals surface area (Å²) < 4.78 is 11.7. The second kappa shape index (κ2) is 13.2. The molecule has 0 saturated carbocycles. The first-order valence-corrected chi connectivity index (χ1v) is 14.2. The van der Waals surface area contributed by atoms with Gasteiger partial charge in [0.15, 0.2) is 18.1 Å². The number of methoxy groups -OCH3 is 1. The number of amides is 4. The van der Waals surface area contributed by atoms with Gasteiger partial charge in [-0.25, -0.2) is 0 Å². The Morgan fingerprint density at radius 3 is 2.51 bits per heavy atom. The Kier molecular flexibility index (Phi) is 9.74. The van der Waals surface area contributed by atoms with E-state index in [1.54, 1.807) is 36.4 Å². The van der Waals surface area contributed by atoms with Crippen LogP contribution in [0.3, 0.4) is 0 Å². The van der Waals surface area contributed by atoms with Gasteiger partial charge in [0.05, 0.1) is 17.0 Å². The highest BCUT2D eigenvalue weighted by Crippen LogP contribution is 2.35. The Morgan fingerprint density at radius 2 is 1.78 bits per heavy atom. The molecule has 2 N–H and O–H groups in total. The highest BCUT2D eigenvalue weighted by molar-refractivity contribution is 9.10. The molecule has 12 heteroatoms. The molecule has 0 aromatic heterocycles. The average Bonchev–Trinajstić information content (AvgIpc) is 3.19. The number of imide groups is 1. The van der Waals surface area contributed by atoms with E-state index in [1.807, 2.05) is 32.0 Å². The number of carbonyl (C=O) groups is 4. The van der Waals surface area contributed by atoms with Gasteiger partial charge in [-0.3, -0.25) is 24.1 Å². The number of hydrogen-bond acceptors (Lipinski definition) is 7. The van der Waals surface area contributed by atoms with Crippen molar-refractivity contribution in [3.63, 3.8) is 0 Å². The minimum Gasteiger partial charge on any atom is -0.493 e. The molecule has 1 heterocycles. The Labute approximate surface area is 254 Å². The molecule has 1 saturated heterocycles. The number of hydrogen-bond donors (Lipinski definition) is 2. The van der Waals surface area contributed by atoms with Crippen LogP contribution in [0.15, 0.2) is 64.0 Å². The molecule has 0 unspecified atom stereocenters. The number of nitrogens with one attached hydrogen (secondary N) is 2. The highest BCUT2D eigenvalue weighted by Gasteiger charge is 2.36. The molecule has 1 fully saturated rings. The van der Waals surface area contributed by atoms with E-state index >= 15 is 0 Å². The van der Waals surface area contributed by atoms with Gasteiger partial charge in [-0.15, -0.1) is 0 Å². The van der Waals surface area contributed by atoms with Crippen molar-refractivity contribution in [3.05, 3.63) is 85.7 Å². The molecular weight excluding hydrogens is 634 g/mol. The lowest BCUT2D eigenvalue weighted by atomic mass is 10.1. The molecule has 3 aromatic carbocycles. The van der Waals surface area contributed by atoms with Gasteiger partial charge in [-0.05, 0) is 101 Å². The standard InChI is InChI=1S/C29H25BrClN3O6S/c1-16-4-5-17(2)22(10-16)33-26(35)14-34-28(37)25(41-29(34)38)12-18-6-9-23(24(11-18)39-3)40-15-27(36)32-19-7-8-20(30)21(31)13-19/h4-13H,14-15H2,1-3H3,(H,32,36)(H,33,35)/b25-12+. The molecule has 41 heavy (non-hydrogen) atoms. The van der Waals surface area contributed by atoms with Crippen LogP contribution in [0.1, 0.15) is 16.7 Å². The average molecular weight is 659 g/mol. The number of thioether (sulfide) groups is 1. The molecule has 0 spiro atoms. The first-order valence-electron chi connectivity index (χ1n) is 12.2. The maximum Gasteiger partial charge on any atom is 0.294 e. The second-order valence-electron chi connectivity index (χ2n) is 9.01. The van der Waals surface area contributed by atoms with Gasteiger partial charge in [0, 0.05) is 15.8 Å². The summed E-state index contributed by atoms with van der Waals surface area (Å²) in [7, 11) is 1.44. The molecule has 4 rings (SSSR count). The number of rotatable bonds is 9. The zero-order chi connectivity index (χ0) is 29.7. The van der Waals surface area contributed by atoms with Crippen molar-refractivity contribution >= 4 is 79.7 Å². The van der Waals surface area contributed by atoms with Gasteiger partial charge < -0.3 is 20.1 Å². The molecule has 4 amide bonds. The first-order chi connectivity index (χ1) is 19.5. The summed E-state index contributed by atoms with van der Waals surface area (Å²) in [5.41, 5.74) is 3.55. The van der Waals surface area contributed by atoms with Crippen molar-refractivity contribution in [1.82, 2.24) is 4.90 Å². The zero-order valence-electron chi connectivity index (χ0n) is 22.2. The summed E-state index contributed by atoms with van der Waals surface area (Å²) in [6.45, 7) is 3.08. The third-order valence-corrected chi connectivity index (χ3v) is 8.03. The van der Waals surface area contributed by atoms with Gasteiger partial charge in [-0.1, -0.05) is 29.8 Å². The van der Waals surface area contributed by atoms with Gasteiger partial charge in [0.1, 0.15) is 6.54 Å². The van der Waals surface area contributed by atoms with E-state index in [0.29, 0.717) is 37.9 Å². The number of ether oxygens (including phenoxy) is 2. The molecule has 3 aromatic rings. The Morgan fingerprint density at radius 1 is 1.00 bits per heavy atom. The first kappa shape index (κ1) is 30.2. The summed E-state index contributed by atoms with van der Waals surface area (Å²) in [5.74, 6) is -0.808. The molecule has 212 valence electrons. The van der Waals surface area contributed by atoms with Crippen LogP contribution in [-0.4, -0.2) is 48.1 Å². The van der Waals surface area contributed by atoms with Gasteiger partial charge in [-0.2, -0.15) is 0 Å². The summed E-state index contributed by atoms with van der Waals surface area (Å²) >= 11 is 10.1. The van der Waals surface area contributed by atoms with Gasteiger partial charge in [0.2, 0.25) is 5.91 Å². The zero-order valence-corrected chi connectivity index (χ0v) is 25.4. The quantitative estimate of drug-likeness (QED) is 0.255. The number of carbonyl (C=O) groups excluding carboxylic acids is 4. The van der Waals surface area contributed by atoms with Crippen LogP contribution in [0.2, 0.25) is 5.02 Å². The van der Waals surface area contributed by atoms with Crippen LogP contribution in [0.5, 0.6) is 11.5 Å². The predicted molar refractivity (Wildman–Crippen MR) is 163 cm³/mol. The number of anilines is 2. The molecule has 1 aliphatic rings. The molecule has 0 radical (unpaired) electrons. The van der Waals surface area contributed by atoms with Crippen LogP contribution >= 0.6 is 39.3 Å². The van der Waals surface area contributed by atoms with Crippen molar-refractivity contribution in [2.45, 2.75) is 13.8 Å². The van der Waals surface area contributed by atoms with E-state index in [1.165, 1.54) is 13.2 Å². The largest absolute Gasteiger partial charge is 0.493 e. The van der Waals surface area contributed by atoms with Crippen molar-refractivity contribution in [1.29, 1.82) is 0 Å². The molecular formula is C29H25BrClN3O6S. The Bertz CT molecular complexity index is 1580. The van der Waals surface area contributed by atoms with Crippen LogP contribution in [0.25, 0.3) is 6.08 Å². The van der Waals surface area contributed by atoms with Gasteiger partial charge in [0.25, 0.3) is 17.1 Å². The maximum absolute atomic E-state index is 12.9. The number of aryl methyl sites for hydroxylation is 2. The minimum absolute atomic E-state index is 0.165. The lowest BCUT2D eigenvalue weighted by Crippen LogP contribution is -2.36. The SMILES string of the molecule is COc1cc(/C=C2/SC(=O)N(CC(=O)Nc3cc(C)ccc3C)C2=O)ccc1OCC(=O)Nc1ccc(Br)c(Cl)c1. The fourth-order valence-corrected chi connectivity index (χ4v) is 5.06. The molecule has 9 nitrogen and oxygen atoms in total. The van der Waals surface area contributed by atoms with Crippen molar-refractivity contribution in [2.24, 2.45) is 0 Å². The third kappa shape index (κ3) is 7.69. The van der Waals surface area contributed by atoms with E-state index in [-0.39, 0.29) is 11.5 Å². The van der Waals surface area contributed by atoms with E-state index in [9.17, 15) is 19.2 Å². The van der Waals surface area contributed by atoms with Gasteiger partial charge >= 0.3 is 0 Å². The second-order valence-corrected chi connectivity index (χ2v) is 11.3. The minimum atomic E-state index is -0.569. The summed E-state index contributed by atoms with van der Waals surface area (Å²) in [6.07, 6.45) is 1.53. The van der Waals surface area contributed by atoms with Crippen molar-refractivity contribution in [3.8, 4) is 11.5 Å². The number of benzene rings is 3. The number of nitrogens with zero attached hydrogens (tertiary/aromatic N) is 1. The Hall–Kier alpha value is -3.80. The van der Waals surface area contributed by atoms with Crippen molar-refractivity contribution < 1.29 is 28.7 Å². The highest BCUT2D eigenvalue weighted by atomic mass is 79.9. The van der Waals surface area contributed by atoms with Crippen LogP contribution in [-0.2, 0) is 14.4 Å². The van der Waals surface area contributed by atoms with Crippen LogP contribution < -0.4 is 20.1 Å². The Balaban J connectivity index is 1.38. The van der Waals surface area contributed by atoms with E-state index in [2.05, 4.69) is 26.6 Å². The topological polar surface area (TPSA) is 114 Å². The third-order valence-electron chi connectivity index (χ3n) is 5.89. The van der Waals surface area contributed by atoms with E-state index in [0.717, 1.165) is 27.8 Å². The van der Waals surface area contributed by atoms with E-state index in [4.69, 9.17) is 21.1 Å². The normalized spacial score (nSPS) is 13.9. The van der Waals surface area contributed by atoms with Crippen LogP contribution in [0, 0.1) is 13.8 Å². The fraction of sp³-hybridized carbons (Fsp3) is 0.172. The van der Waals surface area contributed by atoms with E-state index < -0.39 is 29.5 Å². The number of halogens is 2. The summed E-state index contributed by atoms with van der Waals surface area (Å²) in [5, 5.41) is 5.38. The lowest BCUT2D eigenvalue weighted by molar-refractivity contribution is -0.127. The predicted octanol–water partition coefficient (Wildman–Crippen LogP) is 6.42. The van der Waals surface area contributed by atoms with Crippen LogP contribution in [0.4, 0.5) is 16.2 Å². The monoisotopic (exact) mass is 657 g/mol. The fourth-order valence-electron chi connectivity index (χ4n) is 3.80. The van der Waals surface area contributed by atoms with Crippen molar-refractivity contribution in [2.75, 3.05) is 30.9 Å².